The average Bonchev–Trinajstić information content (AvgIpc) is 3.48. The first-order chi connectivity index (χ1) is 15.8. The van der Waals surface area contributed by atoms with Crippen molar-refractivity contribution in [2.45, 2.75) is 25.9 Å². The Morgan fingerprint density at radius 2 is 1.82 bits per heavy atom. The summed E-state index contributed by atoms with van der Waals surface area (Å²) in [6.45, 7) is 5.74. The maximum absolute atomic E-state index is 13.1. The maximum Gasteiger partial charge on any atom is 0.337 e. The summed E-state index contributed by atoms with van der Waals surface area (Å²) in [6.07, 6.45) is 1.62. The van der Waals surface area contributed by atoms with E-state index in [9.17, 15) is 9.59 Å². The number of ketones is 1. The molecule has 9 heteroatoms. The van der Waals surface area contributed by atoms with Crippen LogP contribution in [0.2, 0.25) is 0 Å². The summed E-state index contributed by atoms with van der Waals surface area (Å²) in [7, 11) is 3.23. The highest BCUT2D eigenvalue weighted by molar-refractivity contribution is 7.99. The van der Waals surface area contributed by atoms with Gasteiger partial charge in [0.25, 0.3) is 0 Å². The third-order valence-corrected chi connectivity index (χ3v) is 6.57. The molecular weight excluding hydrogens is 440 g/mol. The van der Waals surface area contributed by atoms with Gasteiger partial charge in [0.2, 0.25) is 0 Å². The number of methoxy groups -OCH3 is 1. The fourth-order valence-corrected chi connectivity index (χ4v) is 4.60. The Morgan fingerprint density at radius 3 is 2.45 bits per heavy atom. The van der Waals surface area contributed by atoms with Crippen LogP contribution in [0.15, 0.2) is 52.2 Å². The molecule has 0 bridgehead atoms. The van der Waals surface area contributed by atoms with Gasteiger partial charge in [0.05, 0.1) is 30.3 Å². The zero-order valence-electron chi connectivity index (χ0n) is 19.1. The quantitative estimate of drug-likeness (QED) is 0.225. The Morgan fingerprint density at radius 1 is 1.09 bits per heavy atom. The summed E-state index contributed by atoms with van der Waals surface area (Å²) < 4.78 is 14.0. The number of benzene rings is 1. The molecule has 0 amide bonds. The van der Waals surface area contributed by atoms with Crippen LogP contribution in [0.3, 0.4) is 0 Å². The van der Waals surface area contributed by atoms with Crippen LogP contribution in [0.5, 0.6) is 0 Å². The number of hydrogen-bond acceptors (Lipinski definition) is 7. The first-order valence-corrected chi connectivity index (χ1v) is 11.3. The Bertz CT molecular complexity index is 1330. The molecule has 8 nitrogen and oxygen atoms in total. The molecule has 3 aromatic heterocycles. The van der Waals surface area contributed by atoms with Crippen molar-refractivity contribution in [3.05, 3.63) is 70.9 Å². The number of rotatable bonds is 7. The summed E-state index contributed by atoms with van der Waals surface area (Å²) >= 11 is 1.35. The molecule has 0 saturated carbocycles. The number of ether oxygens (including phenoxy) is 1. The topological polar surface area (TPSA) is 92.2 Å². The van der Waals surface area contributed by atoms with Gasteiger partial charge in [-0.3, -0.25) is 4.79 Å². The van der Waals surface area contributed by atoms with Gasteiger partial charge in [-0.15, -0.1) is 10.2 Å². The lowest BCUT2D eigenvalue weighted by Gasteiger charge is -2.10. The molecule has 0 unspecified atom stereocenters. The minimum Gasteiger partial charge on any atom is -0.469 e. The lowest BCUT2D eigenvalue weighted by molar-refractivity contribution is 0.0600. The van der Waals surface area contributed by atoms with Gasteiger partial charge in [0.15, 0.2) is 16.8 Å². The van der Waals surface area contributed by atoms with Gasteiger partial charge < -0.3 is 18.3 Å². The van der Waals surface area contributed by atoms with Crippen LogP contribution >= 0.6 is 11.8 Å². The van der Waals surface area contributed by atoms with E-state index < -0.39 is 0 Å². The first-order valence-electron chi connectivity index (χ1n) is 10.3. The number of aryl methyl sites for hydroxylation is 2. The standard InChI is InChI=1S/C24H24N4O4S/c1-14-12-20(15(2)28(14)18-8-6-17(7-9-18)23(30)31-5)21(29)13-33-24-26-25-22(27(24)4)19-10-11-32-16(19)3/h6-12H,13H2,1-5H3. The Kier molecular flexibility index (Phi) is 6.24. The van der Waals surface area contributed by atoms with E-state index in [1.54, 1.807) is 18.4 Å². The largest absolute Gasteiger partial charge is 0.469 e. The molecule has 0 radical (unpaired) electrons. The number of carbonyl (C=O) groups excluding carboxylic acids is 2. The second-order valence-corrected chi connectivity index (χ2v) is 8.57. The molecule has 0 N–H and O–H groups in total. The second-order valence-electron chi connectivity index (χ2n) is 7.63. The SMILES string of the molecule is COC(=O)c1ccc(-n2c(C)cc(C(=O)CSc3nnc(-c4ccoc4C)n3C)c2C)cc1. The summed E-state index contributed by atoms with van der Waals surface area (Å²) in [6, 6.07) is 10.9. The van der Waals surface area contributed by atoms with Crippen LogP contribution in [0.25, 0.3) is 17.1 Å². The zero-order valence-corrected chi connectivity index (χ0v) is 19.9. The van der Waals surface area contributed by atoms with E-state index in [1.807, 2.05) is 61.2 Å². The van der Waals surface area contributed by atoms with E-state index in [2.05, 4.69) is 10.2 Å². The molecular formula is C24H24N4O4S. The molecule has 1 aromatic carbocycles. The van der Waals surface area contributed by atoms with Gasteiger partial charge in [0.1, 0.15) is 5.76 Å². The number of carbonyl (C=O) groups is 2. The van der Waals surface area contributed by atoms with Crippen LogP contribution in [0.4, 0.5) is 0 Å². The second kappa shape index (κ2) is 9.11. The Labute approximate surface area is 195 Å². The van der Waals surface area contributed by atoms with Gasteiger partial charge in [0, 0.05) is 29.7 Å². The lowest BCUT2D eigenvalue weighted by Crippen LogP contribution is -2.07. The van der Waals surface area contributed by atoms with E-state index in [-0.39, 0.29) is 17.5 Å². The highest BCUT2D eigenvalue weighted by Crippen LogP contribution is 2.27. The van der Waals surface area contributed by atoms with Gasteiger partial charge in [-0.25, -0.2) is 4.79 Å². The molecule has 4 rings (SSSR count). The van der Waals surface area contributed by atoms with Crippen molar-refractivity contribution in [1.82, 2.24) is 19.3 Å². The number of furan rings is 1. The molecule has 0 aliphatic carbocycles. The van der Waals surface area contributed by atoms with Gasteiger partial charge in [-0.05, 0) is 57.2 Å². The lowest BCUT2D eigenvalue weighted by atomic mass is 10.2. The fraction of sp³-hybridized carbons (Fsp3) is 0.250. The molecule has 4 aromatic rings. The van der Waals surface area contributed by atoms with E-state index >= 15 is 0 Å². The van der Waals surface area contributed by atoms with Crippen molar-refractivity contribution in [2.24, 2.45) is 7.05 Å². The van der Waals surface area contributed by atoms with Gasteiger partial charge in [-0.1, -0.05) is 11.8 Å². The molecule has 0 spiro atoms. The number of nitrogens with zero attached hydrogens (tertiary/aromatic N) is 4. The molecule has 170 valence electrons. The van der Waals surface area contributed by atoms with Crippen molar-refractivity contribution in [3.63, 3.8) is 0 Å². The van der Waals surface area contributed by atoms with E-state index in [4.69, 9.17) is 9.15 Å². The van der Waals surface area contributed by atoms with Crippen molar-refractivity contribution >= 4 is 23.5 Å². The number of Topliss-reactive ketones (excluding diaryl/α,β-unsaturated/α-hetero) is 1. The van der Waals surface area contributed by atoms with Crippen molar-refractivity contribution in [1.29, 1.82) is 0 Å². The highest BCUT2D eigenvalue weighted by atomic mass is 32.2. The minimum atomic E-state index is -0.384. The molecule has 0 aliphatic rings. The molecule has 0 saturated heterocycles. The van der Waals surface area contributed by atoms with Gasteiger partial charge in [-0.2, -0.15) is 0 Å². The number of aromatic nitrogens is 4. The predicted octanol–water partition coefficient (Wildman–Crippen LogP) is 4.55. The van der Waals surface area contributed by atoms with Crippen LogP contribution in [0, 0.1) is 20.8 Å². The molecule has 0 aliphatic heterocycles. The van der Waals surface area contributed by atoms with Crippen LogP contribution in [0.1, 0.15) is 37.9 Å². The van der Waals surface area contributed by atoms with Crippen molar-refractivity contribution in [3.8, 4) is 17.1 Å². The third-order valence-electron chi connectivity index (χ3n) is 5.55. The van der Waals surface area contributed by atoms with E-state index in [0.29, 0.717) is 22.1 Å². The first kappa shape index (κ1) is 22.6. The van der Waals surface area contributed by atoms with E-state index in [1.165, 1.54) is 18.9 Å². The summed E-state index contributed by atoms with van der Waals surface area (Å²) in [5.74, 6) is 1.33. The summed E-state index contributed by atoms with van der Waals surface area (Å²) in [5.41, 5.74) is 4.66. The maximum atomic E-state index is 13.1. The average molecular weight is 465 g/mol. The number of hydrogen-bond donors (Lipinski definition) is 0. The van der Waals surface area contributed by atoms with Gasteiger partial charge >= 0.3 is 5.97 Å². The Balaban J connectivity index is 1.52. The molecule has 33 heavy (non-hydrogen) atoms. The number of thioether (sulfide) groups is 1. The van der Waals surface area contributed by atoms with Crippen molar-refractivity contribution in [2.75, 3.05) is 12.9 Å². The molecule has 0 fully saturated rings. The monoisotopic (exact) mass is 464 g/mol. The smallest absolute Gasteiger partial charge is 0.337 e. The predicted molar refractivity (Wildman–Crippen MR) is 125 cm³/mol. The summed E-state index contributed by atoms with van der Waals surface area (Å²) in [4.78, 5) is 24.7. The normalized spacial score (nSPS) is 11.1. The molecule has 0 atom stereocenters. The van der Waals surface area contributed by atoms with Crippen LogP contribution in [-0.2, 0) is 11.8 Å². The third kappa shape index (κ3) is 4.23. The van der Waals surface area contributed by atoms with Crippen LogP contribution in [-0.4, -0.2) is 43.9 Å². The Hall–Kier alpha value is -3.59. The highest BCUT2D eigenvalue weighted by Gasteiger charge is 2.20. The number of esters is 1. The van der Waals surface area contributed by atoms with Crippen LogP contribution < -0.4 is 0 Å². The van der Waals surface area contributed by atoms with E-state index in [0.717, 1.165) is 28.4 Å². The summed E-state index contributed by atoms with van der Waals surface area (Å²) in [5, 5.41) is 9.15. The zero-order chi connectivity index (χ0) is 23.7. The fourth-order valence-electron chi connectivity index (χ4n) is 3.81. The van der Waals surface area contributed by atoms with Crippen molar-refractivity contribution < 1.29 is 18.7 Å². The minimum absolute atomic E-state index is 0.00886. The molecule has 3 heterocycles.